The predicted octanol–water partition coefficient (Wildman–Crippen LogP) is 2.19. The second-order valence-corrected chi connectivity index (χ2v) is 7.93. The van der Waals surface area contributed by atoms with Crippen LogP contribution in [0.15, 0.2) is 40.5 Å². The van der Waals surface area contributed by atoms with Crippen molar-refractivity contribution in [2.45, 2.75) is 51.6 Å². The van der Waals surface area contributed by atoms with Gasteiger partial charge in [0.15, 0.2) is 0 Å². The Labute approximate surface area is 180 Å². The summed E-state index contributed by atoms with van der Waals surface area (Å²) in [5.41, 5.74) is 2.86. The van der Waals surface area contributed by atoms with Gasteiger partial charge in [-0.3, -0.25) is 14.6 Å². The number of carboxylic acids is 2. The third-order valence-corrected chi connectivity index (χ3v) is 5.46. The minimum absolute atomic E-state index is 0.185. The van der Waals surface area contributed by atoms with Crippen LogP contribution in [-0.4, -0.2) is 52.6 Å². The second kappa shape index (κ2) is 9.63. The van der Waals surface area contributed by atoms with Gasteiger partial charge in [-0.25, -0.2) is 4.79 Å². The Hall–Kier alpha value is -3.36. The van der Waals surface area contributed by atoms with Crippen LogP contribution in [0, 0.1) is 5.92 Å². The average Bonchev–Trinajstić information content (AvgIpc) is 3.12. The molecule has 0 fully saturated rings. The summed E-state index contributed by atoms with van der Waals surface area (Å²) < 4.78 is 5.89. The lowest BCUT2D eigenvalue weighted by Gasteiger charge is -2.19. The molecule has 166 valence electrons. The Morgan fingerprint density at radius 1 is 1.23 bits per heavy atom. The quantitative estimate of drug-likeness (QED) is 0.472. The van der Waals surface area contributed by atoms with Crippen molar-refractivity contribution in [1.29, 1.82) is 0 Å². The van der Waals surface area contributed by atoms with Crippen molar-refractivity contribution >= 4 is 23.7 Å². The molecule has 9 nitrogen and oxygen atoms in total. The van der Waals surface area contributed by atoms with E-state index in [2.05, 4.69) is 22.5 Å². The fourth-order valence-electron chi connectivity index (χ4n) is 3.90. The molecule has 1 amide bonds. The van der Waals surface area contributed by atoms with E-state index in [0.717, 1.165) is 18.7 Å². The number of rotatable bonds is 9. The SMILES string of the molecule is CC1=NC(C)C2=C(CC(COc3ccc(C(=O)N[C@@H](CCC(=O)O)C(=O)O)cc3)C2)N1. The van der Waals surface area contributed by atoms with Crippen LogP contribution in [0.5, 0.6) is 5.75 Å². The molecule has 1 aromatic carbocycles. The van der Waals surface area contributed by atoms with E-state index in [4.69, 9.17) is 14.9 Å². The molecular formula is C22H27N3O6. The summed E-state index contributed by atoms with van der Waals surface area (Å²) in [6, 6.07) is 5.38. The molecule has 4 N–H and O–H groups in total. The maximum Gasteiger partial charge on any atom is 0.326 e. The van der Waals surface area contributed by atoms with Gasteiger partial charge in [0.1, 0.15) is 11.8 Å². The van der Waals surface area contributed by atoms with Gasteiger partial charge in [0, 0.05) is 23.6 Å². The van der Waals surface area contributed by atoms with Gasteiger partial charge in [0.2, 0.25) is 0 Å². The first-order valence-corrected chi connectivity index (χ1v) is 10.2. The summed E-state index contributed by atoms with van der Waals surface area (Å²) in [5, 5.41) is 23.6. The maximum absolute atomic E-state index is 12.3. The van der Waals surface area contributed by atoms with Crippen LogP contribution >= 0.6 is 0 Å². The van der Waals surface area contributed by atoms with Crippen LogP contribution in [0.1, 0.15) is 49.9 Å². The highest BCUT2D eigenvalue weighted by molar-refractivity contribution is 5.96. The monoisotopic (exact) mass is 429 g/mol. The largest absolute Gasteiger partial charge is 0.493 e. The summed E-state index contributed by atoms with van der Waals surface area (Å²) in [6.45, 7) is 4.61. The Bertz CT molecular complexity index is 922. The van der Waals surface area contributed by atoms with Crippen LogP contribution < -0.4 is 15.4 Å². The molecule has 3 atom stereocenters. The molecule has 0 spiro atoms. The molecule has 0 radical (unpaired) electrons. The fraction of sp³-hybridized carbons (Fsp3) is 0.455. The summed E-state index contributed by atoms with van der Waals surface area (Å²) in [4.78, 5) is 38.7. The standard InChI is InChI=1S/C22H27N3O6/c1-12-17-9-14(10-19(17)24-13(2)23-12)11-31-16-5-3-15(4-6-16)21(28)25-18(22(29)30)7-8-20(26)27/h3-6,12,14,18H,7-11H2,1-2H3,(H,23,24)(H,25,28)(H,26,27)(H,29,30)/t12?,14?,18-/m0/s1. The zero-order valence-electron chi connectivity index (χ0n) is 17.6. The van der Waals surface area contributed by atoms with Crippen LogP contribution in [-0.2, 0) is 9.59 Å². The molecular weight excluding hydrogens is 402 g/mol. The third kappa shape index (κ3) is 5.84. The van der Waals surface area contributed by atoms with Crippen LogP contribution in [0.4, 0.5) is 0 Å². The second-order valence-electron chi connectivity index (χ2n) is 7.93. The van der Waals surface area contributed by atoms with E-state index in [0.29, 0.717) is 18.3 Å². The van der Waals surface area contributed by atoms with Crippen LogP contribution in [0.25, 0.3) is 0 Å². The number of aliphatic imine (C=N–C) groups is 1. The van der Waals surface area contributed by atoms with Gasteiger partial charge in [-0.05, 0) is 62.9 Å². The van der Waals surface area contributed by atoms with Gasteiger partial charge < -0.3 is 25.6 Å². The molecule has 31 heavy (non-hydrogen) atoms. The maximum atomic E-state index is 12.3. The summed E-state index contributed by atoms with van der Waals surface area (Å²) in [6.07, 6.45) is 1.33. The Morgan fingerprint density at radius 2 is 1.94 bits per heavy atom. The first-order chi connectivity index (χ1) is 14.7. The van der Waals surface area contributed by atoms with Gasteiger partial charge >= 0.3 is 11.9 Å². The van der Waals surface area contributed by atoms with Crippen molar-refractivity contribution in [3.63, 3.8) is 0 Å². The Kier molecular flexibility index (Phi) is 6.94. The average molecular weight is 429 g/mol. The Morgan fingerprint density at radius 3 is 2.58 bits per heavy atom. The number of amidine groups is 1. The molecule has 0 saturated heterocycles. The van der Waals surface area contributed by atoms with Gasteiger partial charge in [-0.1, -0.05) is 0 Å². The molecule has 1 aliphatic carbocycles. The number of ether oxygens (including phenoxy) is 1. The van der Waals surface area contributed by atoms with E-state index in [1.807, 2.05) is 6.92 Å². The van der Waals surface area contributed by atoms with Gasteiger partial charge in [0.05, 0.1) is 18.5 Å². The number of nitrogens with one attached hydrogen (secondary N) is 2. The number of benzene rings is 1. The highest BCUT2D eigenvalue weighted by Crippen LogP contribution is 2.35. The van der Waals surface area contributed by atoms with Crippen molar-refractivity contribution in [2.24, 2.45) is 10.9 Å². The van der Waals surface area contributed by atoms with Crippen molar-refractivity contribution in [3.05, 3.63) is 41.1 Å². The molecule has 9 heteroatoms. The van der Waals surface area contributed by atoms with E-state index >= 15 is 0 Å². The van der Waals surface area contributed by atoms with Crippen LogP contribution in [0.3, 0.4) is 0 Å². The van der Waals surface area contributed by atoms with Crippen molar-refractivity contribution < 1.29 is 29.3 Å². The molecule has 0 saturated carbocycles. The minimum atomic E-state index is -1.27. The molecule has 0 bridgehead atoms. The summed E-state index contributed by atoms with van der Waals surface area (Å²) in [5.74, 6) is -1.05. The smallest absolute Gasteiger partial charge is 0.326 e. The van der Waals surface area contributed by atoms with E-state index in [-0.39, 0.29) is 24.4 Å². The highest BCUT2D eigenvalue weighted by atomic mass is 16.5. The number of carbonyl (C=O) groups excluding carboxylic acids is 1. The number of nitrogens with zero attached hydrogens (tertiary/aromatic N) is 1. The van der Waals surface area contributed by atoms with Crippen LogP contribution in [0.2, 0.25) is 0 Å². The van der Waals surface area contributed by atoms with E-state index in [9.17, 15) is 14.4 Å². The molecule has 1 aliphatic heterocycles. The lowest BCUT2D eigenvalue weighted by atomic mass is 10.0. The lowest BCUT2D eigenvalue weighted by Crippen LogP contribution is -2.41. The number of allylic oxidation sites excluding steroid dienone is 1. The number of carboxylic acid groups (broad SMARTS) is 2. The number of carbonyl (C=O) groups is 3. The highest BCUT2D eigenvalue weighted by Gasteiger charge is 2.30. The Balaban J connectivity index is 1.49. The molecule has 2 aliphatic rings. The number of amides is 1. The predicted molar refractivity (Wildman–Crippen MR) is 113 cm³/mol. The summed E-state index contributed by atoms with van der Waals surface area (Å²) >= 11 is 0. The molecule has 3 rings (SSSR count). The zero-order valence-corrected chi connectivity index (χ0v) is 17.6. The molecule has 2 unspecified atom stereocenters. The van der Waals surface area contributed by atoms with Crippen molar-refractivity contribution in [3.8, 4) is 5.75 Å². The van der Waals surface area contributed by atoms with E-state index in [1.165, 1.54) is 11.3 Å². The minimum Gasteiger partial charge on any atom is -0.493 e. The normalized spacial score (nSPS) is 20.9. The molecule has 1 heterocycles. The van der Waals surface area contributed by atoms with Crippen molar-refractivity contribution in [1.82, 2.24) is 10.6 Å². The van der Waals surface area contributed by atoms with E-state index < -0.39 is 23.9 Å². The lowest BCUT2D eigenvalue weighted by molar-refractivity contribution is -0.140. The van der Waals surface area contributed by atoms with Crippen molar-refractivity contribution in [2.75, 3.05) is 6.61 Å². The van der Waals surface area contributed by atoms with Gasteiger partial charge in [-0.15, -0.1) is 0 Å². The topological polar surface area (TPSA) is 137 Å². The van der Waals surface area contributed by atoms with E-state index in [1.54, 1.807) is 24.3 Å². The zero-order chi connectivity index (χ0) is 22.5. The first-order valence-electron chi connectivity index (χ1n) is 10.2. The molecule has 0 aromatic heterocycles. The van der Waals surface area contributed by atoms with Gasteiger partial charge in [-0.2, -0.15) is 0 Å². The summed E-state index contributed by atoms with van der Waals surface area (Å²) in [7, 11) is 0. The number of aliphatic carboxylic acids is 2. The molecule has 1 aromatic rings. The first kappa shape index (κ1) is 22.3. The fourth-order valence-corrected chi connectivity index (χ4v) is 3.90. The van der Waals surface area contributed by atoms with Gasteiger partial charge in [0.25, 0.3) is 5.91 Å². The number of hydrogen-bond acceptors (Lipinski definition) is 6. The number of hydrogen-bond donors (Lipinski definition) is 4. The third-order valence-electron chi connectivity index (χ3n) is 5.46.